The van der Waals surface area contributed by atoms with Crippen LogP contribution < -0.4 is 9.47 Å². The monoisotopic (exact) mass is 308 g/mol. The van der Waals surface area contributed by atoms with Crippen molar-refractivity contribution in [3.8, 4) is 11.5 Å². The predicted molar refractivity (Wildman–Crippen MR) is 91.5 cm³/mol. The van der Waals surface area contributed by atoms with Crippen molar-refractivity contribution in [3.05, 3.63) is 58.1 Å². The molecule has 0 saturated heterocycles. The Hall–Kier alpha value is -2.29. The molecule has 1 aliphatic heterocycles. The molecule has 0 amide bonds. The van der Waals surface area contributed by atoms with E-state index in [0.717, 1.165) is 30.9 Å². The summed E-state index contributed by atoms with van der Waals surface area (Å²) in [6, 6.07) is 11.0. The maximum Gasteiger partial charge on any atom is 0.170 e. The van der Waals surface area contributed by atoms with Crippen LogP contribution in [0.5, 0.6) is 11.5 Å². The van der Waals surface area contributed by atoms with E-state index in [-0.39, 0.29) is 0 Å². The largest absolute Gasteiger partial charge is 0.493 e. The van der Waals surface area contributed by atoms with Crippen molar-refractivity contribution in [1.82, 2.24) is 0 Å². The molecule has 3 heteroatoms. The second-order valence-corrected chi connectivity index (χ2v) is 6.41. The van der Waals surface area contributed by atoms with Gasteiger partial charge in [-0.05, 0) is 35.6 Å². The smallest absolute Gasteiger partial charge is 0.170 e. The van der Waals surface area contributed by atoms with Gasteiger partial charge in [-0.25, -0.2) is 4.58 Å². The van der Waals surface area contributed by atoms with Crippen LogP contribution in [0.15, 0.2) is 30.3 Å². The topological polar surface area (TPSA) is 21.5 Å². The molecule has 0 fully saturated rings. The summed E-state index contributed by atoms with van der Waals surface area (Å²) < 4.78 is 13.6. The number of hydrogen-bond acceptors (Lipinski definition) is 2. The minimum absolute atomic E-state index is 0.397. The van der Waals surface area contributed by atoms with Gasteiger partial charge in [-0.15, -0.1) is 0 Å². The molecular formula is C20H22NO2+. The van der Waals surface area contributed by atoms with E-state index in [0.29, 0.717) is 5.92 Å². The second-order valence-electron chi connectivity index (χ2n) is 6.41. The molecule has 1 unspecified atom stereocenters. The van der Waals surface area contributed by atoms with Crippen molar-refractivity contribution < 1.29 is 14.0 Å². The first-order valence-corrected chi connectivity index (χ1v) is 8.13. The zero-order chi connectivity index (χ0) is 16.0. The Morgan fingerprint density at radius 1 is 1.09 bits per heavy atom. The summed E-state index contributed by atoms with van der Waals surface area (Å²) in [6.07, 6.45) is 4.27. The maximum atomic E-state index is 5.74. The van der Waals surface area contributed by atoms with E-state index in [1.807, 2.05) is 0 Å². The van der Waals surface area contributed by atoms with Gasteiger partial charge in [-0.3, -0.25) is 0 Å². The number of rotatable bonds is 2. The Labute approximate surface area is 137 Å². The summed E-state index contributed by atoms with van der Waals surface area (Å²) in [5, 5.41) is 0. The highest BCUT2D eigenvalue weighted by Crippen LogP contribution is 2.45. The Morgan fingerprint density at radius 3 is 2.70 bits per heavy atom. The predicted octanol–water partition coefficient (Wildman–Crippen LogP) is 3.01. The van der Waals surface area contributed by atoms with Crippen molar-refractivity contribution >= 4 is 6.21 Å². The van der Waals surface area contributed by atoms with Gasteiger partial charge < -0.3 is 9.47 Å². The van der Waals surface area contributed by atoms with Gasteiger partial charge in [-0.2, -0.15) is 0 Å². The Bertz CT molecular complexity index is 808. The van der Waals surface area contributed by atoms with E-state index in [2.05, 4.69) is 48.2 Å². The van der Waals surface area contributed by atoms with Crippen LogP contribution in [-0.2, 0) is 12.8 Å². The van der Waals surface area contributed by atoms with Gasteiger partial charge in [0.1, 0.15) is 7.05 Å². The molecule has 4 rings (SSSR count). The highest BCUT2D eigenvalue weighted by atomic mass is 16.5. The van der Waals surface area contributed by atoms with Crippen LogP contribution >= 0.6 is 0 Å². The van der Waals surface area contributed by atoms with Gasteiger partial charge in [0.2, 0.25) is 0 Å². The lowest BCUT2D eigenvalue weighted by atomic mass is 9.83. The minimum atomic E-state index is 0.397. The fourth-order valence-electron chi connectivity index (χ4n) is 4.16. The standard InChI is InChI=1S/C20H22NO2/c1-21-11-14-10-18(22-2)20(23-3)16-9-8-13-6-4-5-7-15(13)17(12-21)19(14)16/h4-7,10-11,17H,8-9,12H2,1-3H3/q+1. The summed E-state index contributed by atoms with van der Waals surface area (Å²) in [7, 11) is 5.60. The third-order valence-corrected chi connectivity index (χ3v) is 5.10. The molecule has 1 atom stereocenters. The molecule has 1 aliphatic carbocycles. The molecule has 0 saturated carbocycles. The maximum absolute atomic E-state index is 5.74. The molecule has 2 aliphatic rings. The van der Waals surface area contributed by atoms with Gasteiger partial charge in [0, 0.05) is 11.1 Å². The van der Waals surface area contributed by atoms with Crippen molar-refractivity contribution in [2.75, 3.05) is 27.8 Å². The van der Waals surface area contributed by atoms with Crippen LogP contribution in [0, 0.1) is 0 Å². The van der Waals surface area contributed by atoms with E-state index in [4.69, 9.17) is 9.47 Å². The Kier molecular flexibility index (Phi) is 3.37. The first-order chi connectivity index (χ1) is 11.2. The van der Waals surface area contributed by atoms with Crippen molar-refractivity contribution in [2.45, 2.75) is 18.8 Å². The molecule has 2 aromatic rings. The average Bonchev–Trinajstić information content (AvgIpc) is 2.73. The molecule has 23 heavy (non-hydrogen) atoms. The zero-order valence-corrected chi connectivity index (χ0v) is 13.9. The van der Waals surface area contributed by atoms with Crippen LogP contribution in [0.1, 0.15) is 33.7 Å². The van der Waals surface area contributed by atoms with E-state index >= 15 is 0 Å². The normalized spacial score (nSPS) is 18.4. The molecule has 118 valence electrons. The van der Waals surface area contributed by atoms with Crippen LogP contribution in [0.25, 0.3) is 0 Å². The molecule has 1 heterocycles. The lowest BCUT2D eigenvalue weighted by Gasteiger charge is -2.25. The number of aryl methyl sites for hydroxylation is 1. The summed E-state index contributed by atoms with van der Waals surface area (Å²) >= 11 is 0. The highest BCUT2D eigenvalue weighted by Gasteiger charge is 2.34. The van der Waals surface area contributed by atoms with Gasteiger partial charge >= 0.3 is 0 Å². The number of methoxy groups -OCH3 is 2. The van der Waals surface area contributed by atoms with Crippen LogP contribution in [0.4, 0.5) is 0 Å². The molecule has 0 N–H and O–H groups in total. The number of benzene rings is 2. The Morgan fingerprint density at radius 2 is 1.91 bits per heavy atom. The van der Waals surface area contributed by atoms with Crippen molar-refractivity contribution in [1.29, 1.82) is 0 Å². The molecule has 2 aromatic carbocycles. The molecule has 0 aromatic heterocycles. The SMILES string of the molecule is COc1cc2c3c(c1OC)CCc1ccccc1C3C[N+](C)=C2. The number of ether oxygens (including phenoxy) is 2. The van der Waals surface area contributed by atoms with E-state index in [1.54, 1.807) is 14.2 Å². The van der Waals surface area contributed by atoms with Crippen LogP contribution in [0.3, 0.4) is 0 Å². The van der Waals surface area contributed by atoms with Gasteiger partial charge in [0.05, 0.1) is 20.1 Å². The lowest BCUT2D eigenvalue weighted by Crippen LogP contribution is -2.26. The van der Waals surface area contributed by atoms with Crippen molar-refractivity contribution in [2.24, 2.45) is 0 Å². The Balaban J connectivity index is 2.03. The van der Waals surface area contributed by atoms with Crippen LogP contribution in [-0.4, -0.2) is 38.6 Å². The second kappa shape index (κ2) is 5.41. The first kappa shape index (κ1) is 14.3. The third kappa shape index (κ3) is 2.14. The quantitative estimate of drug-likeness (QED) is 0.796. The number of nitrogens with zero attached hydrogens (tertiary/aromatic N) is 1. The fourth-order valence-corrected chi connectivity index (χ4v) is 4.16. The van der Waals surface area contributed by atoms with Crippen LogP contribution in [0.2, 0.25) is 0 Å². The summed E-state index contributed by atoms with van der Waals surface area (Å²) in [4.78, 5) is 0. The van der Waals surface area contributed by atoms with E-state index in [1.165, 1.54) is 27.8 Å². The lowest BCUT2D eigenvalue weighted by molar-refractivity contribution is -0.495. The number of fused-ring (bicyclic) bond motifs is 2. The first-order valence-electron chi connectivity index (χ1n) is 8.13. The zero-order valence-electron chi connectivity index (χ0n) is 13.9. The minimum Gasteiger partial charge on any atom is -0.493 e. The van der Waals surface area contributed by atoms with Crippen molar-refractivity contribution in [3.63, 3.8) is 0 Å². The molecule has 3 nitrogen and oxygen atoms in total. The molecular weight excluding hydrogens is 286 g/mol. The fraction of sp³-hybridized carbons (Fsp3) is 0.350. The average molecular weight is 308 g/mol. The van der Waals surface area contributed by atoms with E-state index in [9.17, 15) is 0 Å². The molecule has 0 radical (unpaired) electrons. The summed E-state index contributed by atoms with van der Waals surface area (Å²) in [6.45, 7) is 1.01. The highest BCUT2D eigenvalue weighted by molar-refractivity contribution is 5.83. The van der Waals surface area contributed by atoms with Gasteiger partial charge in [0.15, 0.2) is 24.3 Å². The molecule has 0 bridgehead atoms. The number of hydrogen-bond donors (Lipinski definition) is 0. The number of likely N-dealkylation sites (N-methyl/N-ethyl adjacent to an activating group) is 1. The molecule has 0 spiro atoms. The third-order valence-electron chi connectivity index (χ3n) is 5.10. The van der Waals surface area contributed by atoms with Gasteiger partial charge in [-0.1, -0.05) is 24.3 Å². The summed E-state index contributed by atoms with van der Waals surface area (Å²) in [5.41, 5.74) is 6.90. The summed E-state index contributed by atoms with van der Waals surface area (Å²) in [5.74, 6) is 2.13. The van der Waals surface area contributed by atoms with Gasteiger partial charge in [0.25, 0.3) is 0 Å². The van der Waals surface area contributed by atoms with E-state index < -0.39 is 0 Å².